The van der Waals surface area contributed by atoms with E-state index in [1.54, 1.807) is 12.1 Å². The van der Waals surface area contributed by atoms with Crippen LogP contribution in [0, 0.1) is 17.0 Å². The minimum Gasteiger partial charge on any atom is -0.481 e. The number of hydrogen-bond donors (Lipinski definition) is 2. The minimum atomic E-state index is -0.586. The standard InChI is InChI=1S/C23H18Br2N4O5/c1-14-5-7-17(8-6-14)27-21(30)13-34-22-19(24)9-15(10-20(22)25)12-26-28-23(31)16-3-2-4-18(11-16)29(32)33/h2-12H,13H2,1H3,(H,27,30)(H,28,31)/b26-12+. The highest BCUT2D eigenvalue weighted by Crippen LogP contribution is 2.34. The monoisotopic (exact) mass is 588 g/mol. The molecule has 174 valence electrons. The summed E-state index contributed by atoms with van der Waals surface area (Å²) in [6, 6.07) is 16.1. The smallest absolute Gasteiger partial charge is 0.271 e. The topological polar surface area (TPSA) is 123 Å². The van der Waals surface area contributed by atoms with Gasteiger partial charge >= 0.3 is 0 Å². The number of nitro benzene ring substituents is 1. The average molecular weight is 590 g/mol. The summed E-state index contributed by atoms with van der Waals surface area (Å²) in [5, 5.41) is 17.5. The highest BCUT2D eigenvalue weighted by Gasteiger charge is 2.13. The van der Waals surface area contributed by atoms with E-state index >= 15 is 0 Å². The maximum absolute atomic E-state index is 12.2. The van der Waals surface area contributed by atoms with Crippen molar-refractivity contribution in [1.82, 2.24) is 5.43 Å². The first-order valence-electron chi connectivity index (χ1n) is 9.79. The van der Waals surface area contributed by atoms with Crippen molar-refractivity contribution in [2.24, 2.45) is 5.10 Å². The highest BCUT2D eigenvalue weighted by molar-refractivity contribution is 9.11. The molecule has 0 unspecified atom stereocenters. The summed E-state index contributed by atoms with van der Waals surface area (Å²) in [6.45, 7) is 1.77. The summed E-state index contributed by atoms with van der Waals surface area (Å²) in [7, 11) is 0. The predicted octanol–water partition coefficient (Wildman–Crippen LogP) is 5.21. The van der Waals surface area contributed by atoms with Crippen molar-refractivity contribution in [3.63, 3.8) is 0 Å². The first-order valence-corrected chi connectivity index (χ1v) is 11.4. The van der Waals surface area contributed by atoms with Crippen LogP contribution in [-0.4, -0.2) is 29.6 Å². The van der Waals surface area contributed by atoms with Crippen molar-refractivity contribution in [2.45, 2.75) is 6.92 Å². The Kier molecular flexibility index (Phi) is 8.50. The Morgan fingerprint density at radius 3 is 2.41 bits per heavy atom. The number of aryl methyl sites for hydroxylation is 1. The number of carbonyl (C=O) groups excluding carboxylic acids is 2. The summed E-state index contributed by atoms with van der Waals surface area (Å²) < 4.78 is 6.77. The van der Waals surface area contributed by atoms with Gasteiger partial charge in [-0.05, 0) is 74.7 Å². The number of nitrogens with zero attached hydrogens (tertiary/aromatic N) is 2. The molecule has 3 aromatic rings. The number of amides is 2. The van der Waals surface area contributed by atoms with Gasteiger partial charge in [-0.15, -0.1) is 0 Å². The van der Waals surface area contributed by atoms with Crippen LogP contribution in [0.5, 0.6) is 5.75 Å². The summed E-state index contributed by atoms with van der Waals surface area (Å²) in [5.41, 5.74) is 4.64. The normalized spacial score (nSPS) is 10.7. The first kappa shape index (κ1) is 25.1. The zero-order chi connectivity index (χ0) is 24.7. The molecule has 0 saturated heterocycles. The molecule has 0 heterocycles. The molecule has 0 bridgehead atoms. The molecule has 3 aromatic carbocycles. The second kappa shape index (κ2) is 11.5. The molecule has 0 aliphatic rings. The summed E-state index contributed by atoms with van der Waals surface area (Å²) in [4.78, 5) is 34.6. The van der Waals surface area contributed by atoms with Gasteiger partial charge in [0.2, 0.25) is 0 Å². The fourth-order valence-electron chi connectivity index (χ4n) is 2.75. The number of non-ortho nitro benzene ring substituents is 1. The Morgan fingerprint density at radius 1 is 1.09 bits per heavy atom. The quantitative estimate of drug-likeness (QED) is 0.212. The Balaban J connectivity index is 1.59. The van der Waals surface area contributed by atoms with E-state index in [0.717, 1.165) is 5.56 Å². The maximum Gasteiger partial charge on any atom is 0.271 e. The van der Waals surface area contributed by atoms with Gasteiger partial charge in [-0.1, -0.05) is 23.8 Å². The number of ether oxygens (including phenoxy) is 1. The van der Waals surface area contributed by atoms with E-state index < -0.39 is 10.8 Å². The van der Waals surface area contributed by atoms with Gasteiger partial charge in [0.05, 0.1) is 20.1 Å². The Morgan fingerprint density at radius 2 is 1.76 bits per heavy atom. The lowest BCUT2D eigenvalue weighted by molar-refractivity contribution is -0.384. The molecule has 3 rings (SSSR count). The third kappa shape index (κ3) is 6.96. The van der Waals surface area contributed by atoms with Gasteiger partial charge in [-0.3, -0.25) is 19.7 Å². The summed E-state index contributed by atoms with van der Waals surface area (Å²) in [5.74, 6) is -0.466. The van der Waals surface area contributed by atoms with E-state index in [1.807, 2.05) is 31.2 Å². The molecule has 34 heavy (non-hydrogen) atoms. The van der Waals surface area contributed by atoms with Crippen LogP contribution in [0.25, 0.3) is 0 Å². The fraction of sp³-hybridized carbons (Fsp3) is 0.0870. The molecule has 0 saturated carbocycles. The van der Waals surface area contributed by atoms with Crippen LogP contribution < -0.4 is 15.5 Å². The molecule has 0 fully saturated rings. The largest absolute Gasteiger partial charge is 0.481 e. The van der Waals surface area contributed by atoms with E-state index in [2.05, 4.69) is 47.7 Å². The van der Waals surface area contributed by atoms with E-state index in [0.29, 0.717) is 25.9 Å². The molecule has 0 aliphatic carbocycles. The number of benzene rings is 3. The van der Waals surface area contributed by atoms with Crippen molar-refractivity contribution in [2.75, 3.05) is 11.9 Å². The molecular weight excluding hydrogens is 572 g/mol. The van der Waals surface area contributed by atoms with Gasteiger partial charge in [0, 0.05) is 23.4 Å². The van der Waals surface area contributed by atoms with Crippen LogP contribution in [-0.2, 0) is 4.79 Å². The molecule has 0 aliphatic heterocycles. The Labute approximate surface area is 211 Å². The van der Waals surface area contributed by atoms with E-state index in [-0.39, 0.29) is 23.8 Å². The van der Waals surface area contributed by atoms with Crippen molar-refractivity contribution < 1.29 is 19.2 Å². The highest BCUT2D eigenvalue weighted by atomic mass is 79.9. The average Bonchev–Trinajstić information content (AvgIpc) is 2.80. The van der Waals surface area contributed by atoms with Crippen LogP contribution in [0.15, 0.2) is 74.7 Å². The zero-order valence-corrected chi connectivity index (χ0v) is 20.9. The maximum atomic E-state index is 12.2. The van der Waals surface area contributed by atoms with Gasteiger partial charge < -0.3 is 10.1 Å². The third-order valence-corrected chi connectivity index (χ3v) is 5.58. The number of halogens is 2. The molecule has 0 spiro atoms. The molecule has 11 heteroatoms. The number of hydrazone groups is 1. The number of rotatable bonds is 8. The number of nitro groups is 1. The second-order valence-corrected chi connectivity index (χ2v) is 8.73. The van der Waals surface area contributed by atoms with E-state index in [1.165, 1.54) is 30.5 Å². The molecule has 0 radical (unpaired) electrons. The van der Waals surface area contributed by atoms with Crippen LogP contribution in [0.3, 0.4) is 0 Å². The summed E-state index contributed by atoms with van der Waals surface area (Å²) in [6.07, 6.45) is 1.40. The number of carbonyl (C=O) groups is 2. The molecule has 0 aromatic heterocycles. The lowest BCUT2D eigenvalue weighted by atomic mass is 10.2. The van der Waals surface area contributed by atoms with Crippen molar-refractivity contribution in [3.8, 4) is 5.75 Å². The lowest BCUT2D eigenvalue weighted by Gasteiger charge is -2.11. The van der Waals surface area contributed by atoms with Crippen LogP contribution in [0.4, 0.5) is 11.4 Å². The SMILES string of the molecule is Cc1ccc(NC(=O)COc2c(Br)cc(/C=N/NC(=O)c3cccc([N+](=O)[O-])c3)cc2Br)cc1. The molecule has 2 amide bonds. The number of hydrogen-bond acceptors (Lipinski definition) is 6. The second-order valence-electron chi connectivity index (χ2n) is 7.02. The van der Waals surface area contributed by atoms with Crippen LogP contribution in [0.2, 0.25) is 0 Å². The van der Waals surface area contributed by atoms with E-state index in [9.17, 15) is 19.7 Å². The van der Waals surface area contributed by atoms with Crippen LogP contribution >= 0.6 is 31.9 Å². The van der Waals surface area contributed by atoms with E-state index in [4.69, 9.17) is 4.74 Å². The Bertz CT molecular complexity index is 1240. The summed E-state index contributed by atoms with van der Waals surface area (Å²) >= 11 is 6.80. The predicted molar refractivity (Wildman–Crippen MR) is 135 cm³/mol. The lowest BCUT2D eigenvalue weighted by Crippen LogP contribution is -2.20. The van der Waals surface area contributed by atoms with Crippen molar-refractivity contribution >= 4 is 61.3 Å². The third-order valence-electron chi connectivity index (χ3n) is 4.40. The number of nitrogens with one attached hydrogen (secondary N) is 2. The molecule has 0 atom stereocenters. The van der Waals surface area contributed by atoms with Gasteiger partial charge in [0.15, 0.2) is 6.61 Å². The zero-order valence-electron chi connectivity index (χ0n) is 17.7. The van der Waals surface area contributed by atoms with Crippen molar-refractivity contribution in [1.29, 1.82) is 0 Å². The van der Waals surface area contributed by atoms with Gasteiger partial charge in [0.25, 0.3) is 17.5 Å². The molecule has 9 nitrogen and oxygen atoms in total. The minimum absolute atomic E-state index is 0.112. The first-order chi connectivity index (χ1) is 16.2. The van der Waals surface area contributed by atoms with Gasteiger partial charge in [0.1, 0.15) is 5.75 Å². The van der Waals surface area contributed by atoms with Crippen LogP contribution in [0.1, 0.15) is 21.5 Å². The molecule has 2 N–H and O–H groups in total. The molecular formula is C23H18Br2N4O5. The van der Waals surface area contributed by atoms with Gasteiger partial charge in [-0.2, -0.15) is 5.10 Å². The van der Waals surface area contributed by atoms with Gasteiger partial charge in [-0.25, -0.2) is 5.43 Å². The van der Waals surface area contributed by atoms with Crippen molar-refractivity contribution in [3.05, 3.63) is 96.4 Å². The fourth-order valence-corrected chi connectivity index (χ4v) is 4.21. The Hall–Kier alpha value is -3.57. The number of anilines is 1.